The van der Waals surface area contributed by atoms with E-state index < -0.39 is 0 Å². The molecule has 2 aromatic carbocycles. The van der Waals surface area contributed by atoms with Gasteiger partial charge in [-0.25, -0.2) is 9.37 Å². The van der Waals surface area contributed by atoms with Crippen LogP contribution in [-0.2, 0) is 9.53 Å². The van der Waals surface area contributed by atoms with E-state index in [2.05, 4.69) is 30.9 Å². The number of halogens is 1. The van der Waals surface area contributed by atoms with Crippen LogP contribution in [-0.4, -0.2) is 60.9 Å². The summed E-state index contributed by atoms with van der Waals surface area (Å²) in [5.74, 6) is 0.0391. The Balaban J connectivity index is 1.49. The summed E-state index contributed by atoms with van der Waals surface area (Å²) in [7, 11) is 0. The molecule has 8 heteroatoms. The highest BCUT2D eigenvalue weighted by Crippen LogP contribution is 2.32. The standard InChI is InChI=1S/C24H28FN3O2S2/c1-17-14-18(2)23-21(15-17)32-24(26-23)28(9-3-8-27-10-12-30-13-11-27)22(29)16-31-20-6-4-19(25)5-7-20/h4-7,14-15H,3,8-13,16H2,1-2H3. The van der Waals surface area contributed by atoms with Gasteiger partial charge in [0.25, 0.3) is 0 Å². The molecule has 0 atom stereocenters. The molecule has 1 fully saturated rings. The number of amides is 1. The van der Waals surface area contributed by atoms with Gasteiger partial charge in [0.1, 0.15) is 5.82 Å². The summed E-state index contributed by atoms with van der Waals surface area (Å²) in [6.45, 7) is 9.12. The lowest BCUT2D eigenvalue weighted by atomic mass is 10.1. The number of aryl methyl sites for hydroxylation is 2. The molecular weight excluding hydrogens is 445 g/mol. The molecule has 5 nitrogen and oxygen atoms in total. The summed E-state index contributed by atoms with van der Waals surface area (Å²) >= 11 is 3.00. The zero-order valence-corrected chi connectivity index (χ0v) is 20.1. The molecule has 1 aliphatic rings. The smallest absolute Gasteiger partial charge is 0.239 e. The van der Waals surface area contributed by atoms with Crippen LogP contribution in [0.5, 0.6) is 0 Å². The third-order valence-corrected chi connectivity index (χ3v) is 7.51. The van der Waals surface area contributed by atoms with Crippen molar-refractivity contribution in [3.63, 3.8) is 0 Å². The molecule has 32 heavy (non-hydrogen) atoms. The van der Waals surface area contributed by atoms with Crippen molar-refractivity contribution in [2.45, 2.75) is 25.2 Å². The molecular formula is C24H28FN3O2S2. The first-order chi connectivity index (χ1) is 15.5. The molecule has 0 bridgehead atoms. The Morgan fingerprint density at radius 1 is 1.22 bits per heavy atom. The van der Waals surface area contributed by atoms with E-state index in [1.54, 1.807) is 23.5 Å². The van der Waals surface area contributed by atoms with Crippen molar-refractivity contribution < 1.29 is 13.9 Å². The van der Waals surface area contributed by atoms with Crippen molar-refractivity contribution in [2.24, 2.45) is 0 Å². The lowest BCUT2D eigenvalue weighted by molar-refractivity contribution is -0.116. The maximum Gasteiger partial charge on any atom is 0.239 e. The Morgan fingerprint density at radius 2 is 1.97 bits per heavy atom. The summed E-state index contributed by atoms with van der Waals surface area (Å²) in [4.78, 5) is 23.2. The average molecular weight is 474 g/mol. The molecule has 0 spiro atoms. The fourth-order valence-corrected chi connectivity index (χ4v) is 5.79. The Morgan fingerprint density at radius 3 is 2.72 bits per heavy atom. The molecule has 2 heterocycles. The number of ether oxygens (including phenoxy) is 1. The van der Waals surface area contributed by atoms with E-state index in [0.29, 0.717) is 6.54 Å². The van der Waals surface area contributed by atoms with E-state index in [4.69, 9.17) is 9.72 Å². The first kappa shape index (κ1) is 23.2. The number of rotatable bonds is 8. The normalized spacial score (nSPS) is 14.7. The lowest BCUT2D eigenvalue weighted by Gasteiger charge is -2.27. The van der Waals surface area contributed by atoms with Crippen LogP contribution in [0.3, 0.4) is 0 Å². The number of hydrogen-bond donors (Lipinski definition) is 0. The van der Waals surface area contributed by atoms with Crippen molar-refractivity contribution in [3.8, 4) is 0 Å². The maximum absolute atomic E-state index is 13.3. The minimum atomic E-state index is -0.273. The van der Waals surface area contributed by atoms with Gasteiger partial charge in [-0.05, 0) is 61.7 Å². The van der Waals surface area contributed by atoms with E-state index in [1.165, 1.54) is 29.5 Å². The minimum absolute atomic E-state index is 0.0229. The molecule has 1 aliphatic heterocycles. The van der Waals surface area contributed by atoms with Crippen LogP contribution in [0.4, 0.5) is 9.52 Å². The van der Waals surface area contributed by atoms with Crippen LogP contribution in [0.15, 0.2) is 41.3 Å². The number of nitrogens with zero attached hydrogens (tertiary/aromatic N) is 3. The number of carbonyl (C=O) groups excluding carboxylic acids is 1. The Kier molecular flexibility index (Phi) is 7.78. The molecule has 0 N–H and O–H groups in total. The number of thioether (sulfide) groups is 1. The largest absolute Gasteiger partial charge is 0.379 e. The van der Waals surface area contributed by atoms with Gasteiger partial charge in [0, 0.05) is 31.1 Å². The number of carbonyl (C=O) groups is 1. The van der Waals surface area contributed by atoms with Crippen molar-refractivity contribution in [2.75, 3.05) is 50.0 Å². The number of thiazole rings is 1. The number of morpholine rings is 1. The van der Waals surface area contributed by atoms with Gasteiger partial charge in [-0.1, -0.05) is 17.4 Å². The van der Waals surface area contributed by atoms with Gasteiger partial charge in [-0.2, -0.15) is 0 Å². The number of aromatic nitrogens is 1. The van der Waals surface area contributed by atoms with Crippen molar-refractivity contribution in [3.05, 3.63) is 53.3 Å². The molecule has 0 radical (unpaired) electrons. The van der Waals surface area contributed by atoms with E-state index in [-0.39, 0.29) is 17.5 Å². The van der Waals surface area contributed by atoms with Crippen molar-refractivity contribution in [1.82, 2.24) is 9.88 Å². The van der Waals surface area contributed by atoms with Gasteiger partial charge in [0.05, 0.1) is 29.2 Å². The average Bonchev–Trinajstić information content (AvgIpc) is 3.21. The predicted octanol–water partition coefficient (Wildman–Crippen LogP) is 4.90. The first-order valence-corrected chi connectivity index (χ1v) is 12.7. The Labute approximate surface area is 196 Å². The third kappa shape index (κ3) is 5.86. The zero-order valence-electron chi connectivity index (χ0n) is 18.5. The van der Waals surface area contributed by atoms with Crippen LogP contribution in [0.2, 0.25) is 0 Å². The predicted molar refractivity (Wildman–Crippen MR) is 130 cm³/mol. The van der Waals surface area contributed by atoms with Crippen LogP contribution in [0.25, 0.3) is 10.2 Å². The molecule has 170 valence electrons. The quantitative estimate of drug-likeness (QED) is 0.436. The first-order valence-electron chi connectivity index (χ1n) is 10.9. The highest BCUT2D eigenvalue weighted by molar-refractivity contribution is 8.00. The molecule has 1 aromatic heterocycles. The van der Waals surface area contributed by atoms with Crippen molar-refractivity contribution in [1.29, 1.82) is 0 Å². The molecule has 0 saturated carbocycles. The maximum atomic E-state index is 13.3. The highest BCUT2D eigenvalue weighted by Gasteiger charge is 2.21. The third-order valence-electron chi connectivity index (χ3n) is 5.49. The van der Waals surface area contributed by atoms with Crippen LogP contribution < -0.4 is 4.90 Å². The topological polar surface area (TPSA) is 45.7 Å². The second-order valence-electron chi connectivity index (χ2n) is 8.02. The summed E-state index contributed by atoms with van der Waals surface area (Å²) in [5.41, 5.74) is 3.29. The van der Waals surface area contributed by atoms with Crippen LogP contribution in [0.1, 0.15) is 17.5 Å². The summed E-state index contributed by atoms with van der Waals surface area (Å²) < 4.78 is 19.7. The van der Waals surface area contributed by atoms with E-state index >= 15 is 0 Å². The van der Waals surface area contributed by atoms with Crippen LogP contribution in [0, 0.1) is 19.7 Å². The van der Waals surface area contributed by atoms with E-state index in [9.17, 15) is 9.18 Å². The monoisotopic (exact) mass is 473 g/mol. The molecule has 4 rings (SSSR count). The molecule has 1 amide bonds. The van der Waals surface area contributed by atoms with E-state index in [0.717, 1.165) is 65.1 Å². The molecule has 0 unspecified atom stereocenters. The molecule has 1 saturated heterocycles. The number of hydrogen-bond acceptors (Lipinski definition) is 6. The van der Waals surface area contributed by atoms with Crippen molar-refractivity contribution >= 4 is 44.4 Å². The number of anilines is 1. The van der Waals surface area contributed by atoms with E-state index in [1.807, 2.05) is 4.90 Å². The zero-order chi connectivity index (χ0) is 22.5. The number of benzene rings is 2. The summed E-state index contributed by atoms with van der Waals surface area (Å²) in [6.07, 6.45) is 0.876. The fraction of sp³-hybridized carbons (Fsp3) is 0.417. The Hall–Kier alpha value is -2.00. The second-order valence-corrected chi connectivity index (χ2v) is 10.1. The van der Waals surface area contributed by atoms with Gasteiger partial charge in [-0.15, -0.1) is 11.8 Å². The van der Waals surface area contributed by atoms with Gasteiger partial charge in [0.15, 0.2) is 5.13 Å². The van der Waals surface area contributed by atoms with Gasteiger partial charge >= 0.3 is 0 Å². The fourth-order valence-electron chi connectivity index (χ4n) is 3.83. The minimum Gasteiger partial charge on any atom is -0.379 e. The second kappa shape index (κ2) is 10.7. The SMILES string of the molecule is Cc1cc(C)c2nc(N(CCCN3CCOCC3)C(=O)CSc3ccc(F)cc3)sc2c1. The molecule has 0 aliphatic carbocycles. The molecule has 3 aromatic rings. The summed E-state index contributed by atoms with van der Waals surface area (Å²) in [5, 5.41) is 0.750. The van der Waals surface area contributed by atoms with Gasteiger partial charge in [0.2, 0.25) is 5.91 Å². The lowest BCUT2D eigenvalue weighted by Crippen LogP contribution is -2.39. The summed E-state index contributed by atoms with van der Waals surface area (Å²) in [6, 6.07) is 10.5. The van der Waals surface area contributed by atoms with Gasteiger partial charge in [-0.3, -0.25) is 14.6 Å². The van der Waals surface area contributed by atoms with Gasteiger partial charge < -0.3 is 4.74 Å². The highest BCUT2D eigenvalue weighted by atomic mass is 32.2. The van der Waals surface area contributed by atoms with Crippen LogP contribution >= 0.6 is 23.1 Å². The number of fused-ring (bicyclic) bond motifs is 1. The Bertz CT molecular complexity index is 1070.